The van der Waals surface area contributed by atoms with E-state index in [0.717, 1.165) is 31.7 Å². The Morgan fingerprint density at radius 1 is 1.39 bits per heavy atom. The Morgan fingerprint density at radius 2 is 2.22 bits per heavy atom. The number of nitrogens with two attached hydrogens (primary N) is 1. The molecule has 0 fully saturated rings. The minimum Gasteiger partial charge on any atom is -0.493 e. The molecule has 3 nitrogen and oxygen atoms in total. The molecule has 1 heterocycles. The first-order valence-electron chi connectivity index (χ1n) is 6.88. The lowest BCUT2D eigenvalue weighted by atomic mass is 10.0. The SMILES string of the molecule is CC(C)C(CN)NCc1ccc2c(c1)CCCO2. The van der Waals surface area contributed by atoms with Gasteiger partial charge in [0.25, 0.3) is 0 Å². The van der Waals surface area contributed by atoms with Gasteiger partial charge in [0.15, 0.2) is 0 Å². The number of benzene rings is 1. The summed E-state index contributed by atoms with van der Waals surface area (Å²) < 4.78 is 5.62. The van der Waals surface area contributed by atoms with E-state index in [-0.39, 0.29) is 0 Å². The molecule has 1 aromatic rings. The number of ether oxygens (including phenoxy) is 1. The molecule has 0 saturated heterocycles. The maximum atomic E-state index is 5.77. The third kappa shape index (κ3) is 3.24. The van der Waals surface area contributed by atoms with Crippen LogP contribution >= 0.6 is 0 Å². The van der Waals surface area contributed by atoms with Crippen LogP contribution in [0.25, 0.3) is 0 Å². The summed E-state index contributed by atoms with van der Waals surface area (Å²) in [7, 11) is 0. The van der Waals surface area contributed by atoms with Crippen LogP contribution in [0.5, 0.6) is 5.75 Å². The quantitative estimate of drug-likeness (QED) is 0.838. The normalized spacial score (nSPS) is 16.2. The highest BCUT2D eigenvalue weighted by molar-refractivity contribution is 5.38. The first-order chi connectivity index (χ1) is 8.70. The maximum Gasteiger partial charge on any atom is 0.122 e. The lowest BCUT2D eigenvalue weighted by molar-refractivity contribution is 0.288. The third-order valence-corrected chi connectivity index (χ3v) is 3.60. The molecule has 100 valence electrons. The summed E-state index contributed by atoms with van der Waals surface area (Å²) in [6.45, 7) is 6.82. The van der Waals surface area contributed by atoms with Crippen LogP contribution in [-0.4, -0.2) is 19.2 Å². The molecule has 2 rings (SSSR count). The average molecular weight is 248 g/mol. The fourth-order valence-electron chi connectivity index (χ4n) is 2.36. The van der Waals surface area contributed by atoms with Gasteiger partial charge in [-0.2, -0.15) is 0 Å². The molecule has 0 spiro atoms. The first kappa shape index (κ1) is 13.4. The van der Waals surface area contributed by atoms with Crippen LogP contribution < -0.4 is 15.8 Å². The molecule has 1 aromatic carbocycles. The van der Waals surface area contributed by atoms with Crippen molar-refractivity contribution in [2.24, 2.45) is 11.7 Å². The van der Waals surface area contributed by atoms with Crippen molar-refractivity contribution >= 4 is 0 Å². The predicted molar refractivity (Wildman–Crippen MR) is 74.8 cm³/mol. The highest BCUT2D eigenvalue weighted by atomic mass is 16.5. The van der Waals surface area contributed by atoms with Gasteiger partial charge in [-0.15, -0.1) is 0 Å². The van der Waals surface area contributed by atoms with E-state index in [1.807, 2.05) is 0 Å². The second-order valence-electron chi connectivity index (χ2n) is 5.36. The molecule has 1 unspecified atom stereocenters. The van der Waals surface area contributed by atoms with Crippen LogP contribution in [0.15, 0.2) is 18.2 Å². The van der Waals surface area contributed by atoms with E-state index in [9.17, 15) is 0 Å². The minimum atomic E-state index is 0.386. The Morgan fingerprint density at radius 3 is 2.94 bits per heavy atom. The minimum absolute atomic E-state index is 0.386. The van der Waals surface area contributed by atoms with Gasteiger partial charge < -0.3 is 15.8 Å². The molecule has 0 bridgehead atoms. The number of rotatable bonds is 5. The molecule has 18 heavy (non-hydrogen) atoms. The van der Waals surface area contributed by atoms with Crippen molar-refractivity contribution in [1.29, 1.82) is 0 Å². The number of nitrogens with one attached hydrogen (secondary N) is 1. The summed E-state index contributed by atoms with van der Waals surface area (Å²) in [4.78, 5) is 0. The summed E-state index contributed by atoms with van der Waals surface area (Å²) in [5, 5.41) is 3.53. The highest BCUT2D eigenvalue weighted by Crippen LogP contribution is 2.25. The lowest BCUT2D eigenvalue weighted by Gasteiger charge is -2.22. The van der Waals surface area contributed by atoms with Gasteiger partial charge in [0, 0.05) is 19.1 Å². The first-order valence-corrected chi connectivity index (χ1v) is 6.88. The van der Waals surface area contributed by atoms with E-state index in [0.29, 0.717) is 18.5 Å². The van der Waals surface area contributed by atoms with Crippen LogP contribution in [0.2, 0.25) is 0 Å². The molecule has 1 atom stereocenters. The zero-order chi connectivity index (χ0) is 13.0. The van der Waals surface area contributed by atoms with E-state index in [2.05, 4.69) is 37.4 Å². The van der Waals surface area contributed by atoms with Gasteiger partial charge in [-0.3, -0.25) is 0 Å². The van der Waals surface area contributed by atoms with Gasteiger partial charge in [0.2, 0.25) is 0 Å². The molecular formula is C15H24N2O. The Bertz CT molecular complexity index is 390. The van der Waals surface area contributed by atoms with Crippen LogP contribution in [0, 0.1) is 5.92 Å². The number of hydrogen-bond acceptors (Lipinski definition) is 3. The molecule has 0 radical (unpaired) electrons. The van der Waals surface area contributed by atoms with Crippen LogP contribution in [0.4, 0.5) is 0 Å². The lowest BCUT2D eigenvalue weighted by Crippen LogP contribution is -2.39. The van der Waals surface area contributed by atoms with Gasteiger partial charge in [-0.1, -0.05) is 26.0 Å². The summed E-state index contributed by atoms with van der Waals surface area (Å²) in [5.74, 6) is 1.63. The van der Waals surface area contributed by atoms with E-state index >= 15 is 0 Å². The molecule has 0 saturated carbocycles. The molecule has 3 heteroatoms. The van der Waals surface area contributed by atoms with Crippen molar-refractivity contribution in [3.8, 4) is 5.75 Å². The fraction of sp³-hybridized carbons (Fsp3) is 0.600. The largest absolute Gasteiger partial charge is 0.493 e. The molecule has 1 aliphatic heterocycles. The average Bonchev–Trinajstić information content (AvgIpc) is 2.39. The van der Waals surface area contributed by atoms with E-state index in [4.69, 9.17) is 10.5 Å². The van der Waals surface area contributed by atoms with Gasteiger partial charge in [0.1, 0.15) is 5.75 Å². The summed E-state index contributed by atoms with van der Waals surface area (Å²) in [6, 6.07) is 6.89. The molecule has 1 aliphatic rings. The molecular weight excluding hydrogens is 224 g/mol. The maximum absolute atomic E-state index is 5.77. The van der Waals surface area contributed by atoms with Gasteiger partial charge in [-0.25, -0.2) is 0 Å². The standard InChI is InChI=1S/C15H24N2O/c1-11(2)14(9-16)17-10-12-5-6-15-13(8-12)4-3-7-18-15/h5-6,8,11,14,17H,3-4,7,9-10,16H2,1-2H3. The predicted octanol–water partition coefficient (Wildman–Crippen LogP) is 2.08. The Kier molecular flexibility index (Phi) is 4.61. The van der Waals surface area contributed by atoms with Crippen molar-refractivity contribution in [2.75, 3.05) is 13.2 Å². The zero-order valence-corrected chi connectivity index (χ0v) is 11.4. The topological polar surface area (TPSA) is 47.3 Å². The van der Waals surface area contributed by atoms with Crippen LogP contribution in [0.1, 0.15) is 31.4 Å². The Hall–Kier alpha value is -1.06. The van der Waals surface area contributed by atoms with Gasteiger partial charge in [0.05, 0.1) is 6.61 Å². The Balaban J connectivity index is 1.97. The summed E-state index contributed by atoms with van der Waals surface area (Å²) >= 11 is 0. The van der Waals surface area contributed by atoms with Crippen molar-refractivity contribution in [1.82, 2.24) is 5.32 Å². The number of fused-ring (bicyclic) bond motifs is 1. The van der Waals surface area contributed by atoms with Gasteiger partial charge >= 0.3 is 0 Å². The van der Waals surface area contributed by atoms with Crippen molar-refractivity contribution in [3.63, 3.8) is 0 Å². The smallest absolute Gasteiger partial charge is 0.122 e. The number of aryl methyl sites for hydroxylation is 1. The van der Waals surface area contributed by atoms with E-state index in [1.165, 1.54) is 11.1 Å². The fourth-order valence-corrected chi connectivity index (χ4v) is 2.36. The highest BCUT2D eigenvalue weighted by Gasteiger charge is 2.13. The summed E-state index contributed by atoms with van der Waals surface area (Å²) in [6.07, 6.45) is 2.26. The van der Waals surface area contributed by atoms with E-state index < -0.39 is 0 Å². The van der Waals surface area contributed by atoms with Crippen LogP contribution in [0.3, 0.4) is 0 Å². The van der Waals surface area contributed by atoms with E-state index in [1.54, 1.807) is 0 Å². The third-order valence-electron chi connectivity index (χ3n) is 3.60. The molecule has 0 aliphatic carbocycles. The van der Waals surface area contributed by atoms with Crippen molar-refractivity contribution in [2.45, 2.75) is 39.3 Å². The van der Waals surface area contributed by atoms with Crippen LogP contribution in [-0.2, 0) is 13.0 Å². The Labute approximate surface area is 110 Å². The summed E-state index contributed by atoms with van der Waals surface area (Å²) in [5.41, 5.74) is 8.43. The van der Waals surface area contributed by atoms with Gasteiger partial charge in [-0.05, 0) is 36.0 Å². The second-order valence-corrected chi connectivity index (χ2v) is 5.36. The molecule has 3 N–H and O–H groups in total. The van der Waals surface area contributed by atoms with Crippen molar-refractivity contribution in [3.05, 3.63) is 29.3 Å². The molecule has 0 aromatic heterocycles. The zero-order valence-electron chi connectivity index (χ0n) is 11.4. The molecule has 0 amide bonds. The van der Waals surface area contributed by atoms with Crippen molar-refractivity contribution < 1.29 is 4.74 Å². The second kappa shape index (κ2) is 6.21. The monoisotopic (exact) mass is 248 g/mol. The number of hydrogen-bond donors (Lipinski definition) is 2.